The molecule has 1 aliphatic carbocycles. The number of benzene rings is 1. The lowest BCUT2D eigenvalue weighted by Gasteiger charge is -2.27. The maximum Gasteiger partial charge on any atom is 0.242 e. The molecule has 1 aromatic heterocycles. The van der Waals surface area contributed by atoms with Gasteiger partial charge in [0, 0.05) is 38.0 Å². The highest BCUT2D eigenvalue weighted by Gasteiger charge is 2.38. The predicted octanol–water partition coefficient (Wildman–Crippen LogP) is 3.31. The van der Waals surface area contributed by atoms with Crippen molar-refractivity contribution in [3.8, 4) is 0 Å². The summed E-state index contributed by atoms with van der Waals surface area (Å²) >= 11 is 0. The van der Waals surface area contributed by atoms with Gasteiger partial charge in [0.2, 0.25) is 11.8 Å². The Morgan fingerprint density at radius 1 is 1.03 bits per heavy atom. The van der Waals surface area contributed by atoms with E-state index >= 15 is 0 Å². The first kappa shape index (κ1) is 18.6. The summed E-state index contributed by atoms with van der Waals surface area (Å²) in [6.45, 7) is 2.78. The van der Waals surface area contributed by atoms with E-state index in [1.54, 1.807) is 0 Å². The number of rotatable bonds is 4. The third kappa shape index (κ3) is 3.53. The van der Waals surface area contributed by atoms with E-state index in [4.69, 9.17) is 4.98 Å². The van der Waals surface area contributed by atoms with Crippen LogP contribution >= 0.6 is 0 Å². The van der Waals surface area contributed by atoms with Gasteiger partial charge in [0.15, 0.2) is 0 Å². The second kappa shape index (κ2) is 7.81. The molecular formula is C23H30N4O2. The lowest BCUT2D eigenvalue weighted by atomic mass is 10.1. The van der Waals surface area contributed by atoms with Crippen LogP contribution < -0.4 is 0 Å². The van der Waals surface area contributed by atoms with Gasteiger partial charge in [-0.2, -0.15) is 0 Å². The molecule has 2 saturated heterocycles. The number of amides is 2. The summed E-state index contributed by atoms with van der Waals surface area (Å²) in [7, 11) is 0. The molecule has 6 heteroatoms. The number of aromatic nitrogens is 2. The Morgan fingerprint density at radius 2 is 1.79 bits per heavy atom. The van der Waals surface area contributed by atoms with Crippen molar-refractivity contribution in [3.05, 3.63) is 30.1 Å². The Balaban J connectivity index is 1.43. The molecule has 29 heavy (non-hydrogen) atoms. The van der Waals surface area contributed by atoms with Crippen molar-refractivity contribution < 1.29 is 9.59 Å². The molecule has 2 amide bonds. The van der Waals surface area contributed by atoms with E-state index < -0.39 is 0 Å². The van der Waals surface area contributed by atoms with Gasteiger partial charge in [-0.05, 0) is 44.2 Å². The summed E-state index contributed by atoms with van der Waals surface area (Å²) in [5.41, 5.74) is 1.92. The summed E-state index contributed by atoms with van der Waals surface area (Å²) in [4.78, 5) is 34.8. The minimum atomic E-state index is 0.0738. The van der Waals surface area contributed by atoms with Gasteiger partial charge in [-0.3, -0.25) is 9.59 Å². The van der Waals surface area contributed by atoms with E-state index in [0.29, 0.717) is 19.0 Å². The number of carbonyl (C=O) groups excluding carboxylic acids is 2. The third-order valence-electron chi connectivity index (χ3n) is 6.98. The summed E-state index contributed by atoms with van der Waals surface area (Å²) in [5.74, 6) is 1.41. The fourth-order valence-electron chi connectivity index (χ4n) is 5.42. The number of carbonyl (C=O) groups is 2. The van der Waals surface area contributed by atoms with E-state index in [1.165, 1.54) is 19.3 Å². The molecule has 2 aliphatic heterocycles. The van der Waals surface area contributed by atoms with Crippen LogP contribution in [0, 0.1) is 0 Å². The average Bonchev–Trinajstić information content (AvgIpc) is 3.48. The zero-order chi connectivity index (χ0) is 19.8. The van der Waals surface area contributed by atoms with Crippen LogP contribution in [-0.2, 0) is 16.1 Å². The van der Waals surface area contributed by atoms with E-state index in [2.05, 4.69) is 9.47 Å². The number of fused-ring (bicyclic) bond motifs is 1. The number of hydrogen-bond acceptors (Lipinski definition) is 3. The number of hydrogen-bond donors (Lipinski definition) is 0. The highest BCUT2D eigenvalue weighted by atomic mass is 16.2. The molecule has 0 radical (unpaired) electrons. The van der Waals surface area contributed by atoms with Crippen molar-refractivity contribution in [2.45, 2.75) is 69.9 Å². The summed E-state index contributed by atoms with van der Waals surface area (Å²) in [5, 5.41) is 0. The Bertz CT molecular complexity index is 909. The van der Waals surface area contributed by atoms with Crippen LogP contribution in [-0.4, -0.2) is 56.8 Å². The SMILES string of the molecule is O=C(Cn1c(C2CC(=O)N(C3CCCC3)C2)nc2ccccc21)N1CCCCC1. The second-order valence-corrected chi connectivity index (χ2v) is 8.87. The molecule has 1 aromatic carbocycles. The van der Waals surface area contributed by atoms with Crippen LogP contribution in [0.3, 0.4) is 0 Å². The normalized spacial score (nSPS) is 23.4. The number of likely N-dealkylation sites (tertiary alicyclic amines) is 2. The monoisotopic (exact) mass is 394 g/mol. The minimum Gasteiger partial charge on any atom is -0.341 e. The van der Waals surface area contributed by atoms with Crippen LogP contribution in [0.1, 0.15) is 63.1 Å². The van der Waals surface area contributed by atoms with Crippen molar-refractivity contribution in [3.63, 3.8) is 0 Å². The molecule has 1 unspecified atom stereocenters. The van der Waals surface area contributed by atoms with E-state index in [-0.39, 0.29) is 17.7 Å². The van der Waals surface area contributed by atoms with Crippen molar-refractivity contribution in [1.82, 2.24) is 19.4 Å². The van der Waals surface area contributed by atoms with Crippen LogP contribution in [0.25, 0.3) is 11.0 Å². The van der Waals surface area contributed by atoms with Crippen LogP contribution in [0.4, 0.5) is 0 Å². The highest BCUT2D eigenvalue weighted by Crippen LogP contribution is 2.35. The first-order valence-electron chi connectivity index (χ1n) is 11.2. The zero-order valence-corrected chi connectivity index (χ0v) is 17.1. The largest absolute Gasteiger partial charge is 0.341 e. The van der Waals surface area contributed by atoms with Gasteiger partial charge in [-0.15, -0.1) is 0 Å². The van der Waals surface area contributed by atoms with Gasteiger partial charge in [-0.1, -0.05) is 25.0 Å². The Kier molecular flexibility index (Phi) is 5.02. The second-order valence-electron chi connectivity index (χ2n) is 8.87. The molecule has 5 rings (SSSR count). The molecule has 1 atom stereocenters. The van der Waals surface area contributed by atoms with Gasteiger partial charge in [0.05, 0.1) is 11.0 Å². The highest BCUT2D eigenvalue weighted by molar-refractivity contribution is 5.83. The summed E-state index contributed by atoms with van der Waals surface area (Å²) in [6, 6.07) is 8.44. The number of imidazole rings is 1. The zero-order valence-electron chi connectivity index (χ0n) is 17.1. The molecule has 154 valence electrons. The molecule has 3 heterocycles. The molecule has 6 nitrogen and oxygen atoms in total. The first-order chi connectivity index (χ1) is 14.2. The van der Waals surface area contributed by atoms with Crippen molar-refractivity contribution in [2.24, 2.45) is 0 Å². The third-order valence-corrected chi connectivity index (χ3v) is 6.98. The summed E-state index contributed by atoms with van der Waals surface area (Å²) < 4.78 is 2.09. The average molecular weight is 395 g/mol. The molecule has 2 aromatic rings. The van der Waals surface area contributed by atoms with Crippen LogP contribution in [0.15, 0.2) is 24.3 Å². The fraction of sp³-hybridized carbons (Fsp3) is 0.609. The van der Waals surface area contributed by atoms with E-state index in [0.717, 1.165) is 62.2 Å². The molecule has 3 aliphatic rings. The van der Waals surface area contributed by atoms with Crippen molar-refractivity contribution in [2.75, 3.05) is 19.6 Å². The molecule has 3 fully saturated rings. The first-order valence-corrected chi connectivity index (χ1v) is 11.2. The Morgan fingerprint density at radius 3 is 2.59 bits per heavy atom. The van der Waals surface area contributed by atoms with E-state index in [9.17, 15) is 9.59 Å². The van der Waals surface area contributed by atoms with Crippen LogP contribution in [0.5, 0.6) is 0 Å². The minimum absolute atomic E-state index is 0.0738. The van der Waals surface area contributed by atoms with Gasteiger partial charge >= 0.3 is 0 Å². The molecule has 1 saturated carbocycles. The van der Waals surface area contributed by atoms with Gasteiger partial charge in [0.25, 0.3) is 0 Å². The Hall–Kier alpha value is -2.37. The smallest absolute Gasteiger partial charge is 0.242 e. The van der Waals surface area contributed by atoms with Gasteiger partial charge in [-0.25, -0.2) is 4.98 Å². The molecule has 0 bridgehead atoms. The maximum absolute atomic E-state index is 13.0. The maximum atomic E-state index is 13.0. The van der Waals surface area contributed by atoms with Crippen LogP contribution in [0.2, 0.25) is 0 Å². The number of nitrogens with zero attached hydrogens (tertiary/aromatic N) is 4. The van der Waals surface area contributed by atoms with Crippen molar-refractivity contribution >= 4 is 22.8 Å². The van der Waals surface area contributed by atoms with Gasteiger partial charge < -0.3 is 14.4 Å². The Labute approximate surface area is 171 Å². The van der Waals surface area contributed by atoms with Crippen molar-refractivity contribution in [1.29, 1.82) is 0 Å². The lowest BCUT2D eigenvalue weighted by molar-refractivity contribution is -0.132. The number of piperidine rings is 1. The number of para-hydroxylation sites is 2. The predicted molar refractivity (Wildman–Crippen MR) is 111 cm³/mol. The van der Waals surface area contributed by atoms with E-state index in [1.807, 2.05) is 29.2 Å². The molecule has 0 spiro atoms. The fourth-order valence-corrected chi connectivity index (χ4v) is 5.42. The molecule has 0 N–H and O–H groups in total. The standard InChI is InChI=1S/C23H30N4O2/c28-21-14-17(15-26(21)18-8-2-3-9-18)23-24-19-10-4-5-11-20(19)27(23)16-22(29)25-12-6-1-7-13-25/h4-5,10-11,17-18H,1-3,6-9,12-16H2. The summed E-state index contributed by atoms with van der Waals surface area (Å²) in [6.07, 6.45) is 8.62. The molecular weight excluding hydrogens is 364 g/mol. The topological polar surface area (TPSA) is 58.4 Å². The lowest BCUT2D eigenvalue weighted by Crippen LogP contribution is -2.38. The van der Waals surface area contributed by atoms with Gasteiger partial charge in [0.1, 0.15) is 12.4 Å². The quantitative estimate of drug-likeness (QED) is 0.799.